The van der Waals surface area contributed by atoms with Crippen molar-refractivity contribution in [3.63, 3.8) is 0 Å². The summed E-state index contributed by atoms with van der Waals surface area (Å²) in [5.74, 6) is 2.31. The van der Waals surface area contributed by atoms with E-state index in [1.165, 1.54) is 32.6 Å². The molecule has 0 amide bonds. The summed E-state index contributed by atoms with van der Waals surface area (Å²) in [7, 11) is -1.89. The fourth-order valence-corrected chi connectivity index (χ4v) is 10.3. The van der Waals surface area contributed by atoms with E-state index in [2.05, 4.69) is 127 Å². The first-order valence-electron chi connectivity index (χ1n) is 16.9. The Morgan fingerprint density at radius 2 is 0.667 bits per heavy atom. The van der Waals surface area contributed by atoms with Gasteiger partial charge in [-0.3, -0.25) is 0 Å². The minimum atomic E-state index is -1.89. The molecule has 0 bridgehead atoms. The molecule has 0 saturated heterocycles. The van der Waals surface area contributed by atoms with Gasteiger partial charge in [-0.05, 0) is 82.9 Å². The highest BCUT2D eigenvalue weighted by Crippen LogP contribution is 2.58. The SMILES string of the molecule is ClCc1ccc(OCc2ccccc2)cc1.[Cl-].c1ccc(COc2ccc(C[P+](c3ccccc3)(c3ccccc3)c3ccccc3)cc2)cc1. The zero-order valence-corrected chi connectivity index (χ0v) is 30.8. The second kappa shape index (κ2) is 19.5. The Hall–Kier alpha value is -4.85. The third-order valence-corrected chi connectivity index (χ3v) is 13.2. The van der Waals surface area contributed by atoms with E-state index >= 15 is 0 Å². The largest absolute Gasteiger partial charge is 1.00 e. The molecule has 0 atom stereocenters. The molecule has 256 valence electrons. The van der Waals surface area contributed by atoms with Crippen molar-refractivity contribution in [2.45, 2.75) is 25.3 Å². The van der Waals surface area contributed by atoms with E-state index in [4.69, 9.17) is 21.1 Å². The number of hydrogen-bond acceptors (Lipinski definition) is 2. The van der Waals surface area contributed by atoms with Gasteiger partial charge in [0, 0.05) is 5.88 Å². The Bertz CT molecular complexity index is 1880. The number of rotatable bonds is 12. The van der Waals surface area contributed by atoms with E-state index in [9.17, 15) is 0 Å². The number of halogens is 2. The van der Waals surface area contributed by atoms with Gasteiger partial charge >= 0.3 is 0 Å². The van der Waals surface area contributed by atoms with Gasteiger partial charge in [-0.2, -0.15) is 0 Å². The van der Waals surface area contributed by atoms with Gasteiger partial charge in [0.2, 0.25) is 0 Å². The second-order valence-corrected chi connectivity index (χ2v) is 15.7. The standard InChI is InChI=1S/C32H28OP.C14H13ClO.ClH/c1-5-13-27(14-6-1)25-33-29-23-21-28(22-24-29)26-34(30-15-7-2-8-16-30,31-17-9-3-10-18-31)32-19-11-4-12-20-32;15-10-12-6-8-14(9-7-12)16-11-13-4-2-1-3-5-13;/h1-24H,25-26H2;1-9H,10-11H2;1H/q+1;;/p-1. The second-order valence-electron chi connectivity index (χ2n) is 11.9. The summed E-state index contributed by atoms with van der Waals surface area (Å²) in [6, 6.07) is 70.0. The number of hydrogen-bond donors (Lipinski definition) is 0. The van der Waals surface area contributed by atoms with Crippen molar-refractivity contribution in [2.24, 2.45) is 0 Å². The zero-order chi connectivity index (χ0) is 34.3. The van der Waals surface area contributed by atoms with Gasteiger partial charge in [0.25, 0.3) is 0 Å². The van der Waals surface area contributed by atoms with Crippen LogP contribution in [0.5, 0.6) is 11.5 Å². The van der Waals surface area contributed by atoms with Crippen LogP contribution in [-0.4, -0.2) is 0 Å². The Balaban J connectivity index is 0.000000249. The molecule has 0 aliphatic carbocycles. The van der Waals surface area contributed by atoms with Crippen molar-refractivity contribution in [1.82, 2.24) is 0 Å². The van der Waals surface area contributed by atoms with Gasteiger partial charge < -0.3 is 21.9 Å². The fraction of sp³-hybridized carbons (Fsp3) is 0.0870. The van der Waals surface area contributed by atoms with Gasteiger partial charge in [0.15, 0.2) is 0 Å². The first-order chi connectivity index (χ1) is 24.7. The molecule has 0 aromatic heterocycles. The highest BCUT2D eigenvalue weighted by molar-refractivity contribution is 7.95. The molecule has 7 rings (SSSR count). The molecule has 0 aliphatic rings. The number of benzene rings is 7. The fourth-order valence-electron chi connectivity index (χ4n) is 5.89. The highest BCUT2D eigenvalue weighted by Gasteiger charge is 2.45. The molecule has 5 heteroatoms. The van der Waals surface area contributed by atoms with Gasteiger partial charge in [-0.25, -0.2) is 0 Å². The summed E-state index contributed by atoms with van der Waals surface area (Å²) in [6.07, 6.45) is 0.962. The zero-order valence-electron chi connectivity index (χ0n) is 28.4. The van der Waals surface area contributed by atoms with Gasteiger partial charge in [-0.1, -0.05) is 140 Å². The first kappa shape index (κ1) is 37.4. The van der Waals surface area contributed by atoms with Crippen LogP contribution >= 0.6 is 18.9 Å². The Kier molecular flexibility index (Phi) is 14.3. The van der Waals surface area contributed by atoms with Crippen LogP contribution < -0.4 is 37.8 Å². The highest BCUT2D eigenvalue weighted by atomic mass is 35.5. The van der Waals surface area contributed by atoms with Crippen molar-refractivity contribution >= 4 is 34.8 Å². The van der Waals surface area contributed by atoms with Gasteiger partial charge in [0.1, 0.15) is 47.9 Å². The molecule has 0 N–H and O–H groups in total. The van der Waals surface area contributed by atoms with E-state index in [0.717, 1.165) is 23.2 Å². The summed E-state index contributed by atoms with van der Waals surface area (Å²) < 4.78 is 11.7. The summed E-state index contributed by atoms with van der Waals surface area (Å²) in [6.45, 7) is 1.18. The molecular formula is C46H41Cl2O2P. The van der Waals surface area contributed by atoms with Gasteiger partial charge in [-0.15, -0.1) is 11.6 Å². The molecule has 0 heterocycles. The molecule has 0 radical (unpaired) electrons. The third-order valence-electron chi connectivity index (χ3n) is 8.51. The average Bonchev–Trinajstić information content (AvgIpc) is 3.21. The molecule has 2 nitrogen and oxygen atoms in total. The Labute approximate surface area is 314 Å². The maximum atomic E-state index is 6.04. The van der Waals surface area contributed by atoms with Crippen LogP contribution in [0.15, 0.2) is 200 Å². The van der Waals surface area contributed by atoms with Crippen molar-refractivity contribution < 1.29 is 21.9 Å². The summed E-state index contributed by atoms with van der Waals surface area (Å²) in [5, 5.41) is 4.20. The molecule has 0 saturated carbocycles. The van der Waals surface area contributed by atoms with Gasteiger partial charge in [0.05, 0.1) is 6.16 Å². The molecule has 7 aromatic rings. The number of ether oxygens (including phenoxy) is 2. The number of alkyl halides is 1. The van der Waals surface area contributed by atoms with Crippen LogP contribution in [0.4, 0.5) is 0 Å². The minimum absolute atomic E-state index is 0. The third kappa shape index (κ3) is 10.3. The predicted molar refractivity (Wildman–Crippen MR) is 213 cm³/mol. The molecule has 7 aromatic carbocycles. The molecule has 0 spiro atoms. The van der Waals surface area contributed by atoms with Crippen molar-refractivity contribution in [2.75, 3.05) is 0 Å². The Morgan fingerprint density at radius 3 is 1.00 bits per heavy atom. The lowest BCUT2D eigenvalue weighted by molar-refractivity contribution is -0.0000104. The molecule has 0 aliphatic heterocycles. The van der Waals surface area contributed by atoms with Crippen LogP contribution in [0.2, 0.25) is 0 Å². The maximum Gasteiger partial charge on any atom is 0.119 e. The normalized spacial score (nSPS) is 10.6. The molecular weight excluding hydrogens is 686 g/mol. The molecule has 0 fully saturated rings. The summed E-state index contributed by atoms with van der Waals surface area (Å²) >= 11 is 5.71. The average molecular weight is 728 g/mol. The maximum absolute atomic E-state index is 6.04. The van der Waals surface area contributed by atoms with Crippen LogP contribution in [0.25, 0.3) is 0 Å². The van der Waals surface area contributed by atoms with E-state index < -0.39 is 7.26 Å². The lowest BCUT2D eigenvalue weighted by Gasteiger charge is -2.28. The summed E-state index contributed by atoms with van der Waals surface area (Å²) in [4.78, 5) is 0. The van der Waals surface area contributed by atoms with E-state index in [-0.39, 0.29) is 12.4 Å². The van der Waals surface area contributed by atoms with Crippen molar-refractivity contribution in [1.29, 1.82) is 0 Å². The quantitative estimate of drug-likeness (QED) is 0.0947. The van der Waals surface area contributed by atoms with Crippen molar-refractivity contribution in [3.05, 3.63) is 222 Å². The van der Waals surface area contributed by atoms with Crippen molar-refractivity contribution in [3.8, 4) is 11.5 Å². The topological polar surface area (TPSA) is 18.5 Å². The lowest BCUT2D eigenvalue weighted by atomic mass is 10.2. The predicted octanol–water partition coefficient (Wildman–Crippen LogP) is 7.77. The molecule has 0 unspecified atom stereocenters. The van der Waals surface area contributed by atoms with Crippen LogP contribution in [-0.2, 0) is 25.3 Å². The molecule has 51 heavy (non-hydrogen) atoms. The van der Waals surface area contributed by atoms with Crippen LogP contribution in [0, 0.1) is 0 Å². The summed E-state index contributed by atoms with van der Waals surface area (Å²) in [5.41, 5.74) is 4.77. The Morgan fingerprint density at radius 1 is 0.353 bits per heavy atom. The lowest BCUT2D eigenvalue weighted by Crippen LogP contribution is -3.00. The monoisotopic (exact) mass is 726 g/mol. The smallest absolute Gasteiger partial charge is 0.119 e. The van der Waals surface area contributed by atoms with E-state index in [1.807, 2.05) is 72.8 Å². The first-order valence-corrected chi connectivity index (χ1v) is 19.4. The van der Waals surface area contributed by atoms with Crippen LogP contribution in [0.1, 0.15) is 22.3 Å². The van der Waals surface area contributed by atoms with Crippen LogP contribution in [0.3, 0.4) is 0 Å². The minimum Gasteiger partial charge on any atom is -1.00 e. The van der Waals surface area contributed by atoms with E-state index in [0.29, 0.717) is 19.1 Å². The van der Waals surface area contributed by atoms with E-state index in [1.54, 1.807) is 0 Å².